The van der Waals surface area contributed by atoms with Crippen LogP contribution in [0.15, 0.2) is 60.7 Å². The van der Waals surface area contributed by atoms with E-state index in [-0.39, 0.29) is 23.6 Å². The summed E-state index contributed by atoms with van der Waals surface area (Å²) in [5, 5.41) is 22.7. The third kappa shape index (κ3) is 3.01. The van der Waals surface area contributed by atoms with Gasteiger partial charge in [0.15, 0.2) is 17.3 Å². The van der Waals surface area contributed by atoms with Crippen molar-refractivity contribution in [1.29, 1.82) is 0 Å². The van der Waals surface area contributed by atoms with Crippen molar-refractivity contribution in [3.05, 3.63) is 89.0 Å². The average molecular weight is 450 g/mol. The first-order chi connectivity index (χ1) is 15.7. The number of ketones is 1. The van der Waals surface area contributed by atoms with Gasteiger partial charge in [-0.2, -0.15) is 0 Å². The van der Waals surface area contributed by atoms with Crippen molar-refractivity contribution in [2.45, 2.75) is 11.5 Å². The fourth-order valence-corrected chi connectivity index (χ4v) is 5.34. The molecule has 6 nitrogen and oxygen atoms in total. The maximum Gasteiger partial charge on any atom is 0.250 e. The number of nitrogens with one attached hydrogen (secondary N) is 1. The van der Waals surface area contributed by atoms with E-state index in [1.807, 2.05) is 0 Å². The van der Waals surface area contributed by atoms with Crippen molar-refractivity contribution in [3.63, 3.8) is 0 Å². The lowest BCUT2D eigenvalue weighted by Gasteiger charge is -2.35. The molecule has 168 valence electrons. The molecule has 8 heteroatoms. The van der Waals surface area contributed by atoms with Gasteiger partial charge in [0, 0.05) is 35.3 Å². The summed E-state index contributed by atoms with van der Waals surface area (Å²) in [6.07, 6.45) is 0. The number of benzene rings is 3. The number of Topliss-reactive ketones (excluding diaryl/α,β-unsaturated/α-hetero) is 1. The Labute approximate surface area is 188 Å². The predicted octanol–water partition coefficient (Wildman–Crippen LogP) is 3.75. The van der Waals surface area contributed by atoms with Crippen LogP contribution in [0.3, 0.4) is 0 Å². The number of likely N-dealkylation sites (N-methyl/N-ethyl adjacent to an activating group) is 1. The number of fused-ring (bicyclic) bond motifs is 2. The molecule has 3 N–H and O–H groups in total. The molecule has 1 saturated heterocycles. The van der Waals surface area contributed by atoms with E-state index in [4.69, 9.17) is 0 Å². The molecule has 3 atom stereocenters. The van der Waals surface area contributed by atoms with Crippen LogP contribution in [0.5, 0.6) is 11.5 Å². The van der Waals surface area contributed by atoms with E-state index in [0.717, 1.165) is 12.1 Å². The van der Waals surface area contributed by atoms with Crippen LogP contribution in [0, 0.1) is 17.6 Å². The molecule has 3 aromatic carbocycles. The standard InChI is InChI=1S/C25H20F2N2O4/c1-29-12-17(13-6-7-20(30)21(31)10-13)22(23(32)14-8-15(26)11-16(27)9-14)25(29)18-4-2-3-5-19(18)28-24(25)33/h2-11,17,22,30-31H,12H2,1H3,(H,28,33). The second-order valence-corrected chi connectivity index (χ2v) is 8.50. The number of halogens is 2. The molecule has 3 unspecified atom stereocenters. The van der Waals surface area contributed by atoms with Gasteiger partial charge >= 0.3 is 0 Å². The van der Waals surface area contributed by atoms with E-state index in [2.05, 4.69) is 5.32 Å². The Morgan fingerprint density at radius 3 is 2.42 bits per heavy atom. The van der Waals surface area contributed by atoms with Gasteiger partial charge in [0.2, 0.25) is 5.91 Å². The van der Waals surface area contributed by atoms with Crippen LogP contribution >= 0.6 is 0 Å². The quantitative estimate of drug-likeness (QED) is 0.418. The number of amides is 1. The van der Waals surface area contributed by atoms with Gasteiger partial charge in [-0.1, -0.05) is 24.3 Å². The van der Waals surface area contributed by atoms with E-state index >= 15 is 0 Å². The van der Waals surface area contributed by atoms with Crippen molar-refractivity contribution in [1.82, 2.24) is 4.90 Å². The highest BCUT2D eigenvalue weighted by Crippen LogP contribution is 2.55. The van der Waals surface area contributed by atoms with Crippen molar-refractivity contribution in [2.24, 2.45) is 5.92 Å². The van der Waals surface area contributed by atoms with Gasteiger partial charge in [-0.25, -0.2) is 8.78 Å². The number of hydrogen-bond donors (Lipinski definition) is 3. The van der Waals surface area contributed by atoms with Crippen LogP contribution in [-0.2, 0) is 10.3 Å². The zero-order valence-corrected chi connectivity index (χ0v) is 17.5. The smallest absolute Gasteiger partial charge is 0.250 e. The van der Waals surface area contributed by atoms with E-state index < -0.39 is 40.7 Å². The van der Waals surface area contributed by atoms with Gasteiger partial charge in [-0.05, 0) is 42.9 Å². The van der Waals surface area contributed by atoms with Crippen molar-refractivity contribution < 1.29 is 28.6 Å². The molecular weight excluding hydrogens is 430 g/mol. The van der Waals surface area contributed by atoms with Gasteiger partial charge in [-0.15, -0.1) is 0 Å². The van der Waals surface area contributed by atoms with Gasteiger partial charge in [0.05, 0.1) is 5.92 Å². The summed E-state index contributed by atoms with van der Waals surface area (Å²) in [7, 11) is 1.72. The Hall–Kier alpha value is -3.78. The summed E-state index contributed by atoms with van der Waals surface area (Å²) in [6.45, 7) is 0.250. The van der Waals surface area contributed by atoms with Crippen LogP contribution in [0.25, 0.3) is 0 Å². The highest BCUT2D eigenvalue weighted by Gasteiger charge is 2.64. The Bertz CT molecular complexity index is 1290. The highest BCUT2D eigenvalue weighted by molar-refractivity contribution is 6.12. The van der Waals surface area contributed by atoms with Gasteiger partial charge in [0.25, 0.3) is 0 Å². The fraction of sp³-hybridized carbons (Fsp3) is 0.200. The number of aromatic hydroxyl groups is 2. The van der Waals surface area contributed by atoms with Crippen molar-refractivity contribution >= 4 is 17.4 Å². The zero-order valence-electron chi connectivity index (χ0n) is 17.5. The van der Waals surface area contributed by atoms with E-state index in [1.165, 1.54) is 12.1 Å². The molecule has 1 amide bonds. The lowest BCUT2D eigenvalue weighted by Crippen LogP contribution is -2.51. The van der Waals surface area contributed by atoms with Crippen LogP contribution in [-0.4, -0.2) is 40.4 Å². The lowest BCUT2D eigenvalue weighted by atomic mass is 9.70. The Kier molecular flexibility index (Phi) is 4.72. The Morgan fingerprint density at radius 2 is 1.73 bits per heavy atom. The summed E-state index contributed by atoms with van der Waals surface area (Å²) in [4.78, 5) is 29.2. The number of carbonyl (C=O) groups is 2. The number of phenolic OH excluding ortho intramolecular Hbond substituents is 2. The molecule has 1 spiro atoms. The molecule has 0 aliphatic carbocycles. The molecule has 2 aliphatic rings. The largest absolute Gasteiger partial charge is 0.504 e. The van der Waals surface area contributed by atoms with Crippen LogP contribution in [0.2, 0.25) is 0 Å². The predicted molar refractivity (Wildman–Crippen MR) is 116 cm³/mol. The van der Waals surface area contributed by atoms with Crippen LogP contribution in [0.1, 0.15) is 27.4 Å². The fourth-order valence-electron chi connectivity index (χ4n) is 5.34. The first-order valence-corrected chi connectivity index (χ1v) is 10.4. The first kappa shape index (κ1) is 21.1. The average Bonchev–Trinajstić information content (AvgIpc) is 3.24. The summed E-state index contributed by atoms with van der Waals surface area (Å²) < 4.78 is 28.0. The molecule has 2 aliphatic heterocycles. The molecule has 3 aromatic rings. The normalized spacial score (nSPS) is 24.2. The molecule has 2 heterocycles. The molecule has 1 fully saturated rings. The molecular formula is C25H20F2N2O4. The Balaban J connectivity index is 1.74. The highest BCUT2D eigenvalue weighted by atomic mass is 19.1. The molecule has 0 bridgehead atoms. The summed E-state index contributed by atoms with van der Waals surface area (Å²) in [5.74, 6) is -5.15. The van der Waals surface area contributed by atoms with E-state index in [1.54, 1.807) is 42.3 Å². The summed E-state index contributed by atoms with van der Waals surface area (Å²) >= 11 is 0. The second kappa shape index (κ2) is 7.38. The number of phenols is 2. The third-order valence-corrected chi connectivity index (χ3v) is 6.71. The van der Waals surface area contributed by atoms with Gasteiger partial charge in [0.1, 0.15) is 17.2 Å². The maximum absolute atomic E-state index is 14.0. The third-order valence-electron chi connectivity index (χ3n) is 6.71. The first-order valence-electron chi connectivity index (χ1n) is 10.4. The second-order valence-electron chi connectivity index (χ2n) is 8.50. The number of hydrogen-bond acceptors (Lipinski definition) is 5. The molecule has 5 rings (SSSR count). The number of anilines is 1. The molecule has 0 saturated carbocycles. The number of para-hydroxylation sites is 1. The summed E-state index contributed by atoms with van der Waals surface area (Å²) in [5.41, 5.74) is 0.0676. The minimum Gasteiger partial charge on any atom is -0.504 e. The number of nitrogens with zero attached hydrogens (tertiary/aromatic N) is 1. The molecule has 0 aromatic heterocycles. The SMILES string of the molecule is CN1CC(c2ccc(O)c(O)c2)C(C(=O)c2cc(F)cc(F)c2)C12C(=O)Nc1ccccc12. The molecule has 33 heavy (non-hydrogen) atoms. The Morgan fingerprint density at radius 1 is 1.03 bits per heavy atom. The zero-order chi connectivity index (χ0) is 23.5. The number of likely N-dealkylation sites (tertiary alicyclic amines) is 1. The maximum atomic E-state index is 14.0. The van der Waals surface area contributed by atoms with Crippen LogP contribution in [0.4, 0.5) is 14.5 Å². The monoisotopic (exact) mass is 450 g/mol. The topological polar surface area (TPSA) is 89.9 Å². The van der Waals surface area contributed by atoms with Crippen molar-refractivity contribution in [3.8, 4) is 11.5 Å². The van der Waals surface area contributed by atoms with E-state index in [0.29, 0.717) is 22.9 Å². The number of rotatable bonds is 3. The lowest BCUT2D eigenvalue weighted by molar-refractivity contribution is -0.126. The minimum atomic E-state index is -1.42. The summed E-state index contributed by atoms with van der Waals surface area (Å²) in [6, 6.07) is 13.8. The molecule has 0 radical (unpaired) electrons. The van der Waals surface area contributed by atoms with Gasteiger partial charge in [-0.3, -0.25) is 14.5 Å². The number of carbonyl (C=O) groups excluding carboxylic acids is 2. The minimum absolute atomic E-state index is 0.183. The van der Waals surface area contributed by atoms with Gasteiger partial charge < -0.3 is 15.5 Å². The van der Waals surface area contributed by atoms with Crippen molar-refractivity contribution in [2.75, 3.05) is 18.9 Å². The van der Waals surface area contributed by atoms with E-state index in [9.17, 15) is 28.6 Å². The van der Waals surface area contributed by atoms with Crippen LogP contribution < -0.4 is 5.32 Å².